The summed E-state index contributed by atoms with van der Waals surface area (Å²) in [4.78, 5) is 11.5. The van der Waals surface area contributed by atoms with Crippen LogP contribution in [0, 0.1) is 0 Å². The average Bonchev–Trinajstić information content (AvgIpc) is 2.81. The first-order valence-electron chi connectivity index (χ1n) is 6.69. The van der Waals surface area contributed by atoms with Gasteiger partial charge in [0.1, 0.15) is 6.54 Å². The van der Waals surface area contributed by atoms with Crippen molar-refractivity contribution in [1.29, 1.82) is 0 Å². The quantitative estimate of drug-likeness (QED) is 0.629. The van der Waals surface area contributed by atoms with Crippen LogP contribution in [0.2, 0.25) is 5.02 Å². The fourth-order valence-electron chi connectivity index (χ4n) is 2.21. The zero-order chi connectivity index (χ0) is 15.2. The molecular weight excluding hydrogens is 292 g/mol. The Kier molecular flexibility index (Phi) is 5.61. The van der Waals surface area contributed by atoms with Gasteiger partial charge in [0, 0.05) is 36.8 Å². The maximum atomic E-state index is 11.5. The summed E-state index contributed by atoms with van der Waals surface area (Å²) in [5.74, 6) is -0.286. The maximum Gasteiger partial charge on any atom is 0.325 e. The second-order valence-electron chi connectivity index (χ2n) is 4.69. The molecule has 0 aliphatic carbocycles. The highest BCUT2D eigenvalue weighted by Crippen LogP contribution is 2.25. The molecule has 0 aliphatic rings. The molecule has 5 nitrogen and oxygen atoms in total. The number of esters is 1. The molecule has 1 aromatic carbocycles. The van der Waals surface area contributed by atoms with E-state index in [0.29, 0.717) is 18.2 Å². The Balaban J connectivity index is 2.26. The molecule has 1 heterocycles. The van der Waals surface area contributed by atoms with E-state index in [1.54, 1.807) is 7.11 Å². The van der Waals surface area contributed by atoms with E-state index in [9.17, 15) is 4.79 Å². The minimum atomic E-state index is -0.286. The second-order valence-corrected chi connectivity index (χ2v) is 5.13. The number of hydrogen-bond donors (Lipinski definition) is 1. The van der Waals surface area contributed by atoms with Gasteiger partial charge in [-0.05, 0) is 17.7 Å². The Morgan fingerprint density at radius 1 is 1.38 bits per heavy atom. The van der Waals surface area contributed by atoms with Crippen molar-refractivity contribution in [3.63, 3.8) is 0 Å². The standard InChI is InChI=1S/C15H19ClN2O3/c1-20-6-5-17-8-11-9-18(10-15(19)21-2)14-7-12(16)3-4-13(11)14/h3-4,7,9,17H,5-6,8,10H2,1-2H3. The number of ether oxygens (including phenoxy) is 2. The summed E-state index contributed by atoms with van der Waals surface area (Å²) in [5.41, 5.74) is 2.04. The Morgan fingerprint density at radius 3 is 2.90 bits per heavy atom. The van der Waals surface area contributed by atoms with Crippen molar-refractivity contribution in [2.75, 3.05) is 27.4 Å². The lowest BCUT2D eigenvalue weighted by Gasteiger charge is -2.03. The van der Waals surface area contributed by atoms with Gasteiger partial charge < -0.3 is 19.4 Å². The van der Waals surface area contributed by atoms with Gasteiger partial charge in [-0.1, -0.05) is 17.7 Å². The lowest BCUT2D eigenvalue weighted by atomic mass is 10.2. The van der Waals surface area contributed by atoms with Crippen molar-refractivity contribution in [3.8, 4) is 0 Å². The number of nitrogens with one attached hydrogen (secondary N) is 1. The molecule has 1 aromatic heterocycles. The summed E-state index contributed by atoms with van der Waals surface area (Å²) < 4.78 is 11.6. The summed E-state index contributed by atoms with van der Waals surface area (Å²) in [5, 5.41) is 5.02. The molecule has 0 unspecified atom stereocenters. The topological polar surface area (TPSA) is 52.5 Å². The van der Waals surface area contributed by atoms with Crippen LogP contribution < -0.4 is 5.32 Å². The number of hydrogen-bond acceptors (Lipinski definition) is 4. The zero-order valence-electron chi connectivity index (χ0n) is 12.2. The van der Waals surface area contributed by atoms with Crippen molar-refractivity contribution >= 4 is 28.5 Å². The van der Waals surface area contributed by atoms with E-state index in [1.807, 2.05) is 29.0 Å². The third-order valence-electron chi connectivity index (χ3n) is 3.25. The molecule has 114 valence electrons. The molecule has 0 saturated heterocycles. The largest absolute Gasteiger partial charge is 0.468 e. The zero-order valence-corrected chi connectivity index (χ0v) is 12.9. The van der Waals surface area contributed by atoms with E-state index >= 15 is 0 Å². The first-order chi connectivity index (χ1) is 10.2. The van der Waals surface area contributed by atoms with Crippen LogP contribution in [0.4, 0.5) is 0 Å². The van der Waals surface area contributed by atoms with E-state index in [-0.39, 0.29) is 12.5 Å². The Morgan fingerprint density at radius 2 is 2.19 bits per heavy atom. The maximum absolute atomic E-state index is 11.5. The number of rotatable bonds is 7. The van der Waals surface area contributed by atoms with Crippen molar-refractivity contribution in [2.24, 2.45) is 0 Å². The van der Waals surface area contributed by atoms with Crippen LogP contribution >= 0.6 is 11.6 Å². The first-order valence-corrected chi connectivity index (χ1v) is 7.07. The summed E-state index contributed by atoms with van der Waals surface area (Å²) in [6, 6.07) is 5.68. The van der Waals surface area contributed by atoms with Gasteiger partial charge in [0.05, 0.1) is 19.2 Å². The van der Waals surface area contributed by atoms with E-state index in [0.717, 1.165) is 23.0 Å². The highest BCUT2D eigenvalue weighted by atomic mass is 35.5. The Bertz CT molecular complexity index is 625. The highest BCUT2D eigenvalue weighted by Gasteiger charge is 2.11. The number of halogens is 1. The fraction of sp³-hybridized carbons (Fsp3) is 0.400. The minimum absolute atomic E-state index is 0.172. The van der Waals surface area contributed by atoms with Crippen molar-refractivity contribution < 1.29 is 14.3 Å². The summed E-state index contributed by atoms with van der Waals surface area (Å²) in [6.07, 6.45) is 1.96. The molecule has 0 amide bonds. The van der Waals surface area contributed by atoms with Gasteiger partial charge in [-0.3, -0.25) is 4.79 Å². The third kappa shape index (κ3) is 3.97. The minimum Gasteiger partial charge on any atom is -0.468 e. The van der Waals surface area contributed by atoms with Crippen molar-refractivity contribution in [3.05, 3.63) is 35.0 Å². The van der Waals surface area contributed by atoms with Gasteiger partial charge in [0.2, 0.25) is 0 Å². The monoisotopic (exact) mass is 310 g/mol. The molecule has 0 aliphatic heterocycles. The van der Waals surface area contributed by atoms with Gasteiger partial charge >= 0.3 is 5.97 Å². The molecule has 2 aromatic rings. The van der Waals surface area contributed by atoms with Crippen LogP contribution in [-0.4, -0.2) is 37.9 Å². The van der Waals surface area contributed by atoms with Crippen molar-refractivity contribution in [1.82, 2.24) is 9.88 Å². The lowest BCUT2D eigenvalue weighted by Crippen LogP contribution is -2.18. The number of carbonyl (C=O) groups excluding carboxylic acids is 1. The molecule has 0 atom stereocenters. The summed E-state index contributed by atoms with van der Waals surface area (Å²) in [7, 11) is 3.06. The third-order valence-corrected chi connectivity index (χ3v) is 3.49. The van der Waals surface area contributed by atoms with E-state index in [1.165, 1.54) is 7.11 Å². The van der Waals surface area contributed by atoms with Gasteiger partial charge in [0.25, 0.3) is 0 Å². The number of fused-ring (bicyclic) bond motifs is 1. The molecule has 6 heteroatoms. The predicted octanol–water partition coefficient (Wildman–Crippen LogP) is 2.20. The van der Waals surface area contributed by atoms with Crippen LogP contribution in [0.3, 0.4) is 0 Å². The number of benzene rings is 1. The van der Waals surface area contributed by atoms with Crippen LogP contribution in [0.5, 0.6) is 0 Å². The molecule has 0 saturated carbocycles. The molecule has 2 rings (SSSR count). The molecule has 21 heavy (non-hydrogen) atoms. The number of methoxy groups -OCH3 is 2. The highest BCUT2D eigenvalue weighted by molar-refractivity contribution is 6.31. The smallest absolute Gasteiger partial charge is 0.325 e. The summed E-state index contributed by atoms with van der Waals surface area (Å²) in [6.45, 7) is 2.31. The van der Waals surface area contributed by atoms with Gasteiger partial charge in [-0.15, -0.1) is 0 Å². The molecule has 0 radical (unpaired) electrons. The van der Waals surface area contributed by atoms with Crippen molar-refractivity contribution in [2.45, 2.75) is 13.1 Å². The molecular formula is C15H19ClN2O3. The van der Waals surface area contributed by atoms with Gasteiger partial charge in [-0.2, -0.15) is 0 Å². The number of carbonyl (C=O) groups is 1. The van der Waals surface area contributed by atoms with E-state index < -0.39 is 0 Å². The van der Waals surface area contributed by atoms with Crippen LogP contribution in [0.25, 0.3) is 10.9 Å². The SMILES string of the molecule is COCCNCc1cn(CC(=O)OC)c2cc(Cl)ccc12. The summed E-state index contributed by atoms with van der Waals surface area (Å²) >= 11 is 6.05. The average molecular weight is 311 g/mol. The molecule has 0 fully saturated rings. The fourth-order valence-corrected chi connectivity index (χ4v) is 2.38. The second kappa shape index (κ2) is 7.45. The van der Waals surface area contributed by atoms with Crippen LogP contribution in [0.1, 0.15) is 5.56 Å². The molecule has 0 spiro atoms. The van der Waals surface area contributed by atoms with Gasteiger partial charge in [0.15, 0.2) is 0 Å². The van der Waals surface area contributed by atoms with E-state index in [2.05, 4.69) is 5.32 Å². The molecule has 1 N–H and O–H groups in total. The normalized spacial score (nSPS) is 11.0. The number of nitrogens with zero attached hydrogens (tertiary/aromatic N) is 1. The Labute approximate surface area is 128 Å². The van der Waals surface area contributed by atoms with Crippen LogP contribution in [-0.2, 0) is 27.4 Å². The first kappa shape index (κ1) is 15.8. The van der Waals surface area contributed by atoms with Crippen LogP contribution in [0.15, 0.2) is 24.4 Å². The lowest BCUT2D eigenvalue weighted by molar-refractivity contribution is -0.141. The number of aromatic nitrogens is 1. The van der Waals surface area contributed by atoms with E-state index in [4.69, 9.17) is 21.1 Å². The predicted molar refractivity (Wildman–Crippen MR) is 82.5 cm³/mol. The Hall–Kier alpha value is -1.56. The van der Waals surface area contributed by atoms with Gasteiger partial charge in [-0.25, -0.2) is 0 Å². The molecule has 0 bridgehead atoms.